The van der Waals surface area contributed by atoms with Crippen molar-refractivity contribution in [1.82, 2.24) is 0 Å². The van der Waals surface area contributed by atoms with E-state index in [4.69, 9.17) is 19.3 Å². The fraction of sp³-hybridized carbons (Fsp3) is 1.00. The molecule has 54 valence electrons. The average molecular weight is 173 g/mol. The van der Waals surface area contributed by atoms with Crippen LogP contribution in [-0.4, -0.2) is 34.3 Å². The van der Waals surface area contributed by atoms with Gasteiger partial charge in [-0.05, 0) is 0 Å². The molecule has 0 amide bonds. The van der Waals surface area contributed by atoms with Crippen LogP contribution < -0.4 is 0 Å². The largest absolute Gasteiger partial charge is 0.694 e. The summed E-state index contributed by atoms with van der Waals surface area (Å²) < 4.78 is 13.4. The van der Waals surface area contributed by atoms with Gasteiger partial charge in [0.15, 0.2) is 6.23 Å². The Labute approximate surface area is 52.7 Å². The topological polar surface area (TPSA) is 107 Å². The van der Waals surface area contributed by atoms with Crippen LogP contribution in [0.5, 0.6) is 0 Å². The highest BCUT2D eigenvalue weighted by molar-refractivity contribution is 7.32. The Kier molecular flexibility index (Phi) is 3.37. The maximum Gasteiger partial charge on any atom is 0.694 e. The molecule has 9 heavy (non-hydrogen) atoms. The van der Waals surface area contributed by atoms with E-state index >= 15 is 0 Å². The minimum atomic E-state index is -4.29. The molecule has 0 saturated heterocycles. The van der Waals surface area contributed by atoms with Gasteiger partial charge in [0.05, 0.1) is 0 Å². The number of hydrogen-bond acceptors (Lipinski definition) is 5. The number of hydrogen-bond donors (Lipinski definition) is 4. The van der Waals surface area contributed by atoms with Crippen molar-refractivity contribution in [2.45, 2.75) is 0 Å². The average Bonchev–Trinajstić information content (AvgIpc) is 1.59. The Hall–Kier alpha value is 0.117. The molecular weight excluding hydrogens is 167 g/mol. The van der Waals surface area contributed by atoms with Gasteiger partial charge in [-0.1, -0.05) is 0 Å². The summed E-state index contributed by atoms with van der Waals surface area (Å²) in [7, 11) is -7.15. The van der Waals surface area contributed by atoms with Crippen LogP contribution in [0.1, 0.15) is 0 Å². The lowest BCUT2D eigenvalue weighted by atomic mass is 11.7. The molecule has 0 aromatic heterocycles. The van der Waals surface area contributed by atoms with Crippen molar-refractivity contribution in [3.8, 4) is 0 Å². The van der Waals surface area contributed by atoms with Gasteiger partial charge in [0.2, 0.25) is 0 Å². The summed E-state index contributed by atoms with van der Waals surface area (Å²) in [6.07, 6.45) is -0.876. The van der Waals surface area contributed by atoms with Crippen LogP contribution in [-0.2, 0) is 9.09 Å². The molecular formula is CH6O6PSi+. The molecule has 0 spiro atoms. The SMILES string of the molecule is O=[P+](O)OC[Si](O)(O)O. The molecule has 1 unspecified atom stereocenters. The first-order chi connectivity index (χ1) is 3.92. The van der Waals surface area contributed by atoms with E-state index in [1.165, 1.54) is 0 Å². The third kappa shape index (κ3) is 8.12. The van der Waals surface area contributed by atoms with Crippen LogP contribution in [0.15, 0.2) is 0 Å². The lowest BCUT2D eigenvalue weighted by Crippen LogP contribution is -2.40. The second-order valence-electron chi connectivity index (χ2n) is 1.29. The summed E-state index contributed by atoms with van der Waals surface area (Å²) in [5.41, 5.74) is 0. The van der Waals surface area contributed by atoms with E-state index < -0.39 is 23.3 Å². The molecule has 0 radical (unpaired) electrons. The van der Waals surface area contributed by atoms with Gasteiger partial charge in [-0.15, -0.1) is 9.42 Å². The zero-order valence-corrected chi connectivity index (χ0v) is 6.15. The summed E-state index contributed by atoms with van der Waals surface area (Å²) >= 11 is 0. The highest BCUT2D eigenvalue weighted by Gasteiger charge is 2.32. The zero-order valence-electron chi connectivity index (χ0n) is 4.26. The summed E-state index contributed by atoms with van der Waals surface area (Å²) in [6, 6.07) is 0. The predicted molar refractivity (Wildman–Crippen MR) is 28.2 cm³/mol. The zero-order chi connectivity index (χ0) is 7.49. The molecule has 8 heteroatoms. The van der Waals surface area contributed by atoms with Crippen molar-refractivity contribution >= 4 is 17.1 Å². The van der Waals surface area contributed by atoms with E-state index in [0.29, 0.717) is 0 Å². The van der Waals surface area contributed by atoms with Crippen LogP contribution in [0.4, 0.5) is 0 Å². The number of rotatable bonds is 3. The van der Waals surface area contributed by atoms with Gasteiger partial charge in [0.25, 0.3) is 0 Å². The fourth-order valence-corrected chi connectivity index (χ4v) is 1.28. The van der Waals surface area contributed by atoms with E-state index in [1.807, 2.05) is 0 Å². The molecule has 0 heterocycles. The molecule has 0 rings (SSSR count). The second kappa shape index (κ2) is 3.33. The van der Waals surface area contributed by atoms with Gasteiger partial charge in [-0.25, -0.2) is 0 Å². The lowest BCUT2D eigenvalue weighted by Gasteiger charge is -2.01. The maximum absolute atomic E-state index is 9.66. The molecule has 0 aromatic rings. The third-order valence-electron chi connectivity index (χ3n) is 0.369. The molecule has 0 aromatic carbocycles. The van der Waals surface area contributed by atoms with Gasteiger partial charge in [-0.2, -0.15) is 0 Å². The molecule has 0 bridgehead atoms. The minimum Gasteiger partial charge on any atom is -0.388 e. The van der Waals surface area contributed by atoms with E-state index in [9.17, 15) is 4.57 Å². The molecule has 0 aliphatic rings. The van der Waals surface area contributed by atoms with Crippen LogP contribution in [0.3, 0.4) is 0 Å². The first kappa shape index (κ1) is 9.12. The molecule has 4 N–H and O–H groups in total. The first-order valence-corrected chi connectivity index (χ1v) is 5.06. The van der Waals surface area contributed by atoms with E-state index in [0.717, 1.165) is 0 Å². The highest BCUT2D eigenvalue weighted by atomic mass is 31.1. The van der Waals surface area contributed by atoms with Gasteiger partial charge in [0, 0.05) is 4.57 Å². The standard InChI is InChI=1S/CH5O6PSi/c2-8(3)7-1-9(4,5)6/h4-6H,1H2/p+1. The minimum absolute atomic E-state index is 0.876. The Bertz CT molecular complexity index is 106. The summed E-state index contributed by atoms with van der Waals surface area (Å²) in [5.74, 6) is 0. The van der Waals surface area contributed by atoms with Crippen molar-refractivity contribution in [3.05, 3.63) is 0 Å². The van der Waals surface area contributed by atoms with E-state index in [-0.39, 0.29) is 0 Å². The van der Waals surface area contributed by atoms with Crippen molar-refractivity contribution in [3.63, 3.8) is 0 Å². The quantitative estimate of drug-likeness (QED) is 0.293. The summed E-state index contributed by atoms with van der Waals surface area (Å²) in [5, 5.41) is 0. The first-order valence-electron chi connectivity index (χ1n) is 1.88. The van der Waals surface area contributed by atoms with Crippen LogP contribution in [0.2, 0.25) is 0 Å². The highest BCUT2D eigenvalue weighted by Crippen LogP contribution is 2.14. The molecule has 0 fully saturated rings. The molecule has 6 nitrogen and oxygen atoms in total. The Morgan fingerprint density at radius 1 is 1.44 bits per heavy atom. The van der Waals surface area contributed by atoms with Crippen molar-refractivity contribution < 1.29 is 28.4 Å². The van der Waals surface area contributed by atoms with E-state index in [2.05, 4.69) is 4.52 Å². The summed E-state index contributed by atoms with van der Waals surface area (Å²) in [4.78, 5) is 32.3. The molecule has 0 saturated carbocycles. The van der Waals surface area contributed by atoms with Gasteiger partial charge in [0.1, 0.15) is 0 Å². The van der Waals surface area contributed by atoms with Crippen LogP contribution in [0, 0.1) is 0 Å². The Morgan fingerprint density at radius 2 is 1.89 bits per heavy atom. The Morgan fingerprint density at radius 3 is 2.00 bits per heavy atom. The van der Waals surface area contributed by atoms with Crippen molar-refractivity contribution in [2.24, 2.45) is 0 Å². The smallest absolute Gasteiger partial charge is 0.388 e. The normalized spacial score (nSPS) is 13.6. The summed E-state index contributed by atoms with van der Waals surface area (Å²) in [6.45, 7) is 0. The van der Waals surface area contributed by atoms with Gasteiger partial charge < -0.3 is 14.4 Å². The van der Waals surface area contributed by atoms with Crippen molar-refractivity contribution in [2.75, 3.05) is 6.23 Å². The lowest BCUT2D eigenvalue weighted by molar-refractivity contribution is 0.179. The fourth-order valence-electron chi connectivity index (χ4n) is 0.142. The third-order valence-corrected chi connectivity index (χ3v) is 1.49. The molecule has 0 aliphatic heterocycles. The van der Waals surface area contributed by atoms with E-state index in [1.54, 1.807) is 0 Å². The molecule has 1 atom stereocenters. The monoisotopic (exact) mass is 173 g/mol. The van der Waals surface area contributed by atoms with Crippen LogP contribution in [0.25, 0.3) is 0 Å². The maximum atomic E-state index is 9.66. The van der Waals surface area contributed by atoms with Gasteiger partial charge >= 0.3 is 17.1 Å². The Balaban J connectivity index is 3.39. The molecule has 0 aliphatic carbocycles. The second-order valence-corrected chi connectivity index (χ2v) is 3.86. The van der Waals surface area contributed by atoms with Crippen molar-refractivity contribution in [1.29, 1.82) is 0 Å². The van der Waals surface area contributed by atoms with Gasteiger partial charge in [-0.3, -0.25) is 0 Å². The van der Waals surface area contributed by atoms with Crippen LogP contribution >= 0.6 is 8.25 Å². The predicted octanol–water partition coefficient (Wildman–Crippen LogP) is -1.89.